The summed E-state index contributed by atoms with van der Waals surface area (Å²) in [5, 5.41) is 48.1. The molecule has 15 N–H and O–H groups in total. The van der Waals surface area contributed by atoms with Crippen molar-refractivity contribution in [3.05, 3.63) is 0 Å². The van der Waals surface area contributed by atoms with Crippen LogP contribution < -0.4 is 54.0 Å². The van der Waals surface area contributed by atoms with Crippen LogP contribution in [0.1, 0.15) is 101 Å². The van der Waals surface area contributed by atoms with E-state index in [1.54, 1.807) is 27.7 Å². The van der Waals surface area contributed by atoms with Crippen LogP contribution in [0.25, 0.3) is 0 Å². The van der Waals surface area contributed by atoms with E-state index in [1.165, 1.54) is 27.7 Å². The number of aliphatic hydroxyl groups is 1. The monoisotopic (exact) mass is 887 g/mol. The van der Waals surface area contributed by atoms with E-state index in [4.69, 9.17) is 11.5 Å². The van der Waals surface area contributed by atoms with E-state index < -0.39 is 138 Å². The summed E-state index contributed by atoms with van der Waals surface area (Å²) < 4.78 is 0. The molecule has 23 nitrogen and oxygen atoms in total. The van der Waals surface area contributed by atoms with Crippen molar-refractivity contribution < 1.29 is 63.3 Å². The minimum atomic E-state index is -1.73. The number of nitrogens with two attached hydrogens (primary N) is 2. The molecule has 0 radical (unpaired) electrons. The molecule has 23 heteroatoms. The summed E-state index contributed by atoms with van der Waals surface area (Å²) in [5.41, 5.74) is 11.2. The van der Waals surface area contributed by atoms with Gasteiger partial charge >= 0.3 is 11.9 Å². The standard InChI is InChI=1S/C39H70N10O13/c1-17(2)15-25(45-31(53)20(7)41)35(57)42-21(8)32(54)46-26(16-27(51)52)36(58)43-22(9)33(55)47-28(18(3)4)37(59)44-24(13-11-12-14-40)34(56)48-29(19(5)6)38(60)49-30(23(10)50)39(61)62/h17-26,28-30,50H,11-16,40-41H2,1-10H3,(H,42,57)(H,43,58)(H,44,59)(H,45,53)(H,46,54)(H,47,55)(H,48,56)(H,49,60)(H,51,52)(H,61,62)/t20-,21-,22-,23+,24-,25-,26-,28-,29-,30-/m0/s1. The van der Waals surface area contributed by atoms with Crippen LogP contribution in [-0.4, -0.2) is 142 Å². The molecule has 0 aliphatic heterocycles. The number of carboxylic acid groups (broad SMARTS) is 2. The second kappa shape index (κ2) is 27.5. The molecular formula is C39H70N10O13. The van der Waals surface area contributed by atoms with E-state index in [9.17, 15) is 63.3 Å². The Kier molecular flexibility index (Phi) is 25.1. The number of amides is 8. The van der Waals surface area contributed by atoms with Crippen molar-refractivity contribution in [2.75, 3.05) is 6.54 Å². The van der Waals surface area contributed by atoms with Gasteiger partial charge in [0.05, 0.1) is 18.6 Å². The lowest BCUT2D eigenvalue weighted by Crippen LogP contribution is -2.61. The van der Waals surface area contributed by atoms with Gasteiger partial charge in [0.2, 0.25) is 47.3 Å². The number of hydrogen-bond acceptors (Lipinski definition) is 13. The van der Waals surface area contributed by atoms with E-state index in [2.05, 4.69) is 42.5 Å². The van der Waals surface area contributed by atoms with E-state index in [0.29, 0.717) is 12.8 Å². The first kappa shape index (κ1) is 56.6. The zero-order valence-electron chi connectivity index (χ0n) is 37.3. The Balaban J connectivity index is 6.01. The lowest BCUT2D eigenvalue weighted by atomic mass is 9.99. The third-order valence-electron chi connectivity index (χ3n) is 9.39. The molecule has 0 unspecified atom stereocenters. The van der Waals surface area contributed by atoms with E-state index in [1.807, 2.05) is 13.8 Å². The average molecular weight is 887 g/mol. The molecule has 0 saturated carbocycles. The van der Waals surface area contributed by atoms with Crippen LogP contribution in [0.2, 0.25) is 0 Å². The van der Waals surface area contributed by atoms with Crippen molar-refractivity contribution in [1.29, 1.82) is 0 Å². The summed E-state index contributed by atoms with van der Waals surface area (Å²) >= 11 is 0. The van der Waals surface area contributed by atoms with Crippen molar-refractivity contribution in [1.82, 2.24) is 42.5 Å². The quantitative estimate of drug-likeness (QED) is 0.0342. The molecule has 10 atom stereocenters. The topological polar surface area (TPSA) is 380 Å². The number of carbonyl (C=O) groups excluding carboxylic acids is 8. The third-order valence-corrected chi connectivity index (χ3v) is 9.39. The molecule has 0 spiro atoms. The number of carboxylic acids is 2. The number of unbranched alkanes of at least 4 members (excludes halogenated alkanes) is 1. The van der Waals surface area contributed by atoms with Gasteiger partial charge in [-0.1, -0.05) is 41.5 Å². The highest BCUT2D eigenvalue weighted by Crippen LogP contribution is 2.10. The summed E-state index contributed by atoms with van der Waals surface area (Å²) in [4.78, 5) is 128. The van der Waals surface area contributed by atoms with Gasteiger partial charge in [-0.15, -0.1) is 0 Å². The summed E-state index contributed by atoms with van der Waals surface area (Å²) in [5.74, 6) is -11.0. The third kappa shape index (κ3) is 20.4. The molecule has 0 aromatic carbocycles. The maximum absolute atomic E-state index is 13.7. The molecular weight excluding hydrogens is 816 g/mol. The number of nitrogens with one attached hydrogen (secondary N) is 8. The lowest BCUT2D eigenvalue weighted by molar-refractivity contribution is -0.145. The van der Waals surface area contributed by atoms with Crippen LogP contribution in [-0.2, 0) is 47.9 Å². The van der Waals surface area contributed by atoms with Gasteiger partial charge in [0.1, 0.15) is 42.3 Å². The Morgan fingerprint density at radius 3 is 1.31 bits per heavy atom. The largest absolute Gasteiger partial charge is 0.481 e. The molecule has 62 heavy (non-hydrogen) atoms. The smallest absolute Gasteiger partial charge is 0.328 e. The van der Waals surface area contributed by atoms with Crippen molar-refractivity contribution in [3.63, 3.8) is 0 Å². The Labute approximate surface area is 362 Å². The molecule has 0 saturated heterocycles. The van der Waals surface area contributed by atoms with Gasteiger partial charge in [0, 0.05) is 0 Å². The predicted octanol–water partition coefficient (Wildman–Crippen LogP) is -3.32. The van der Waals surface area contributed by atoms with E-state index in [0.717, 1.165) is 0 Å². The van der Waals surface area contributed by atoms with Crippen LogP contribution in [0.4, 0.5) is 0 Å². The number of rotatable bonds is 28. The Bertz CT molecular complexity index is 1570. The molecule has 0 rings (SSSR count). The van der Waals surface area contributed by atoms with E-state index in [-0.39, 0.29) is 25.3 Å². The summed E-state index contributed by atoms with van der Waals surface area (Å²) in [6.45, 7) is 15.4. The van der Waals surface area contributed by atoms with Gasteiger partial charge in [-0.3, -0.25) is 43.2 Å². The molecule has 0 heterocycles. The molecule has 0 aromatic rings. The van der Waals surface area contributed by atoms with Crippen molar-refractivity contribution in [3.8, 4) is 0 Å². The number of aliphatic carboxylic acids is 2. The molecule has 0 fully saturated rings. The minimum absolute atomic E-state index is 0.0455. The Morgan fingerprint density at radius 1 is 0.484 bits per heavy atom. The first-order valence-corrected chi connectivity index (χ1v) is 20.7. The second-order valence-electron chi connectivity index (χ2n) is 16.5. The molecule has 0 aliphatic carbocycles. The highest BCUT2D eigenvalue weighted by molar-refractivity contribution is 5.98. The van der Waals surface area contributed by atoms with Gasteiger partial charge in [-0.2, -0.15) is 0 Å². The average Bonchev–Trinajstić information content (AvgIpc) is 3.15. The van der Waals surface area contributed by atoms with Crippen LogP contribution in [0, 0.1) is 17.8 Å². The van der Waals surface area contributed by atoms with Crippen molar-refractivity contribution >= 4 is 59.2 Å². The van der Waals surface area contributed by atoms with Crippen LogP contribution in [0.3, 0.4) is 0 Å². The van der Waals surface area contributed by atoms with Gasteiger partial charge in [-0.25, -0.2) is 4.79 Å². The maximum atomic E-state index is 13.7. The van der Waals surface area contributed by atoms with Gasteiger partial charge in [-0.05, 0) is 77.7 Å². The minimum Gasteiger partial charge on any atom is -0.481 e. The van der Waals surface area contributed by atoms with Crippen molar-refractivity contribution in [2.24, 2.45) is 29.2 Å². The van der Waals surface area contributed by atoms with Gasteiger partial charge < -0.3 is 69.3 Å². The SMILES string of the molecule is CC(C)C[C@H](NC(=O)[C@H](C)N)C(=O)N[C@@H](C)C(=O)N[C@@H](CC(=O)O)C(=O)N[C@@H](C)C(=O)N[C@H](C(=O)N[C@@H](CCCCN)C(=O)N[C@H](C(=O)N[C@H](C(=O)O)[C@@H](C)O)C(C)C)C(C)C. The Hall–Kier alpha value is -5.42. The van der Waals surface area contributed by atoms with Gasteiger partial charge in [0.15, 0.2) is 6.04 Å². The highest BCUT2D eigenvalue weighted by atomic mass is 16.4. The zero-order chi connectivity index (χ0) is 48.2. The zero-order valence-corrected chi connectivity index (χ0v) is 37.3. The lowest BCUT2D eigenvalue weighted by Gasteiger charge is -2.29. The predicted molar refractivity (Wildman–Crippen MR) is 224 cm³/mol. The maximum Gasteiger partial charge on any atom is 0.328 e. The van der Waals surface area contributed by atoms with E-state index >= 15 is 0 Å². The highest BCUT2D eigenvalue weighted by Gasteiger charge is 2.36. The molecule has 354 valence electrons. The normalized spacial score (nSPS) is 16.1. The van der Waals surface area contributed by atoms with Crippen LogP contribution in [0.5, 0.6) is 0 Å². The summed E-state index contributed by atoms with van der Waals surface area (Å²) in [7, 11) is 0. The fraction of sp³-hybridized carbons (Fsp3) is 0.744. The fourth-order valence-electron chi connectivity index (χ4n) is 5.70. The molecule has 0 aromatic heterocycles. The molecule has 0 bridgehead atoms. The summed E-state index contributed by atoms with van der Waals surface area (Å²) in [6, 6.07) is -11.9. The fourth-order valence-corrected chi connectivity index (χ4v) is 5.70. The van der Waals surface area contributed by atoms with Crippen LogP contribution in [0.15, 0.2) is 0 Å². The number of carbonyl (C=O) groups is 10. The first-order valence-electron chi connectivity index (χ1n) is 20.7. The molecule has 0 aliphatic rings. The first-order chi connectivity index (χ1) is 28.6. The Morgan fingerprint density at radius 2 is 0.887 bits per heavy atom. The number of hydrogen-bond donors (Lipinski definition) is 13. The number of aliphatic hydroxyl groups excluding tert-OH is 1. The van der Waals surface area contributed by atoms with Crippen molar-refractivity contribution in [2.45, 2.75) is 162 Å². The molecule has 8 amide bonds. The van der Waals surface area contributed by atoms with Crippen LogP contribution >= 0.6 is 0 Å². The summed E-state index contributed by atoms with van der Waals surface area (Å²) in [6.07, 6.45) is -1.29. The second-order valence-corrected chi connectivity index (χ2v) is 16.5. The van der Waals surface area contributed by atoms with Gasteiger partial charge in [0.25, 0.3) is 0 Å².